The number of amides is 3. The number of hydrogen-bond acceptors (Lipinski definition) is 4. The number of primary amides is 1. The van der Waals surface area contributed by atoms with Gasteiger partial charge in [0.2, 0.25) is 5.91 Å². The Labute approximate surface area is 260 Å². The molecule has 44 heavy (non-hydrogen) atoms. The highest BCUT2D eigenvalue weighted by atomic mass is 19.4. The fraction of sp³-hybridized carbons (Fsp3) is 0.647. The van der Waals surface area contributed by atoms with Crippen molar-refractivity contribution in [1.29, 1.82) is 0 Å². The first-order valence-electron chi connectivity index (χ1n) is 15.8. The van der Waals surface area contributed by atoms with Crippen molar-refractivity contribution in [2.45, 2.75) is 97.2 Å². The van der Waals surface area contributed by atoms with Crippen LogP contribution < -0.4 is 5.73 Å². The molecule has 1 aliphatic carbocycles. The second-order valence-electron chi connectivity index (χ2n) is 14.1. The molecule has 3 atom stereocenters. The summed E-state index contributed by atoms with van der Waals surface area (Å²) in [5.41, 5.74) is 6.46. The third-order valence-electron chi connectivity index (χ3n) is 10.2. The number of hydrogen-bond donors (Lipinski definition) is 1. The van der Waals surface area contributed by atoms with Crippen LogP contribution in [-0.2, 0) is 16.0 Å². The molecule has 2 aliphatic heterocycles. The van der Waals surface area contributed by atoms with Crippen LogP contribution in [0.3, 0.4) is 0 Å². The first kappa shape index (κ1) is 34.0. The van der Waals surface area contributed by atoms with Gasteiger partial charge >= 0.3 is 12.4 Å². The summed E-state index contributed by atoms with van der Waals surface area (Å²) in [6, 6.07) is 7.65. The van der Waals surface area contributed by atoms with Gasteiger partial charge in [0.15, 0.2) is 0 Å². The zero-order valence-electron chi connectivity index (χ0n) is 27.0. The molecule has 4 rings (SSSR count). The van der Waals surface area contributed by atoms with Gasteiger partial charge in [-0.1, -0.05) is 70.2 Å². The first-order valence-corrected chi connectivity index (χ1v) is 15.8. The number of piperazine rings is 1. The standard InChI is InChI=1S/C34H49F3N4O3/c1-7-25-10-8-9-11-27(25)29(26-12-16-32(5,17-13-26)44-34(35,36)37)40-20-21-41(33(6,23-40)31(2,3)4)28(42)22-24-14-18-39(19-15-24)30(38)43/h8-13,16,24,29H,7,14-15,17-23H2,1-6H3,(H2,38,43)/t29?,32-,33-/m1/s1. The number of carbonyl (C=O) groups is 2. The molecule has 10 heteroatoms. The van der Waals surface area contributed by atoms with E-state index in [2.05, 4.69) is 61.3 Å². The number of urea groups is 1. The van der Waals surface area contributed by atoms with Crippen LogP contribution in [0.25, 0.3) is 0 Å². The molecule has 3 amide bonds. The van der Waals surface area contributed by atoms with E-state index in [0.717, 1.165) is 30.4 Å². The molecule has 1 unspecified atom stereocenters. The van der Waals surface area contributed by atoms with Crippen LogP contribution in [0.5, 0.6) is 0 Å². The van der Waals surface area contributed by atoms with E-state index in [-0.39, 0.29) is 29.7 Å². The molecular formula is C34H49F3N4O3. The smallest absolute Gasteiger partial charge is 0.351 e. The maximum absolute atomic E-state index is 14.0. The number of likely N-dealkylation sites (tertiary alicyclic amines) is 1. The Hall–Kier alpha value is -2.85. The van der Waals surface area contributed by atoms with Crippen LogP contribution in [0.15, 0.2) is 48.1 Å². The highest BCUT2D eigenvalue weighted by Gasteiger charge is 2.50. The molecule has 1 aromatic carbocycles. The molecule has 3 aliphatic rings. The minimum atomic E-state index is -4.73. The van der Waals surface area contributed by atoms with E-state index in [1.165, 1.54) is 18.6 Å². The summed E-state index contributed by atoms with van der Waals surface area (Å²) in [5.74, 6) is 0.331. The minimum Gasteiger partial charge on any atom is -0.351 e. The zero-order valence-corrected chi connectivity index (χ0v) is 27.0. The average Bonchev–Trinajstić information content (AvgIpc) is 2.93. The molecule has 0 spiro atoms. The van der Waals surface area contributed by atoms with Crippen LogP contribution in [0.2, 0.25) is 0 Å². The summed E-state index contributed by atoms with van der Waals surface area (Å²) in [5, 5.41) is 0. The number of benzene rings is 1. The predicted molar refractivity (Wildman–Crippen MR) is 166 cm³/mol. The number of carbonyl (C=O) groups excluding carboxylic acids is 2. The minimum absolute atomic E-state index is 0.104. The molecule has 0 saturated carbocycles. The molecule has 0 bridgehead atoms. The zero-order chi connectivity index (χ0) is 32.5. The molecule has 0 radical (unpaired) electrons. The Morgan fingerprint density at radius 3 is 2.27 bits per heavy atom. The summed E-state index contributed by atoms with van der Waals surface area (Å²) in [4.78, 5) is 31.6. The van der Waals surface area contributed by atoms with Crippen molar-refractivity contribution in [3.8, 4) is 0 Å². The Morgan fingerprint density at radius 2 is 1.73 bits per heavy atom. The van der Waals surface area contributed by atoms with Crippen molar-refractivity contribution in [3.05, 3.63) is 59.2 Å². The van der Waals surface area contributed by atoms with Gasteiger partial charge in [-0.15, -0.1) is 13.2 Å². The van der Waals surface area contributed by atoms with Crippen molar-refractivity contribution in [3.63, 3.8) is 0 Å². The fourth-order valence-corrected chi connectivity index (χ4v) is 6.99. The summed E-state index contributed by atoms with van der Waals surface area (Å²) in [6.07, 6.45) is 3.35. The fourth-order valence-electron chi connectivity index (χ4n) is 6.99. The number of aryl methyl sites for hydroxylation is 1. The number of rotatable bonds is 7. The summed E-state index contributed by atoms with van der Waals surface area (Å²) in [7, 11) is 0. The number of piperidine rings is 1. The largest absolute Gasteiger partial charge is 0.523 e. The van der Waals surface area contributed by atoms with Crippen molar-refractivity contribution >= 4 is 11.9 Å². The first-order chi connectivity index (χ1) is 20.5. The van der Waals surface area contributed by atoms with Gasteiger partial charge in [-0.3, -0.25) is 14.4 Å². The maximum Gasteiger partial charge on any atom is 0.523 e. The molecule has 2 saturated heterocycles. The van der Waals surface area contributed by atoms with Gasteiger partial charge in [-0.2, -0.15) is 0 Å². The Kier molecular flexibility index (Phi) is 9.95. The quantitative estimate of drug-likeness (QED) is 0.374. The van der Waals surface area contributed by atoms with Crippen molar-refractivity contribution in [2.75, 3.05) is 32.7 Å². The number of alkyl halides is 3. The normalized spacial score (nSPS) is 26.4. The third kappa shape index (κ3) is 7.50. The van der Waals surface area contributed by atoms with Gasteiger partial charge in [0.25, 0.3) is 0 Å². The Balaban J connectivity index is 1.62. The molecule has 244 valence electrons. The number of halogens is 3. The van der Waals surface area contributed by atoms with Crippen molar-refractivity contribution in [1.82, 2.24) is 14.7 Å². The third-order valence-corrected chi connectivity index (χ3v) is 10.2. The van der Waals surface area contributed by atoms with Crippen LogP contribution in [0.4, 0.5) is 18.0 Å². The monoisotopic (exact) mass is 618 g/mol. The van der Waals surface area contributed by atoms with Crippen LogP contribution in [0, 0.1) is 11.3 Å². The SMILES string of the molecule is CCc1ccccc1C(C1=CC[C@](C)(OC(F)(F)F)C=C1)N1CCN(C(=O)CC2CCN(C(N)=O)CC2)[C@@](C)(C(C)(C)C)C1. The van der Waals surface area contributed by atoms with Gasteiger partial charge in [0, 0.05) is 39.1 Å². The lowest BCUT2D eigenvalue weighted by Gasteiger charge is -2.57. The summed E-state index contributed by atoms with van der Waals surface area (Å²) in [6.45, 7) is 15.1. The lowest BCUT2D eigenvalue weighted by Crippen LogP contribution is -2.68. The Bertz CT molecular complexity index is 1260. The molecule has 0 aromatic heterocycles. The van der Waals surface area contributed by atoms with E-state index in [0.29, 0.717) is 39.1 Å². The number of nitrogens with two attached hydrogens (primary N) is 1. The topological polar surface area (TPSA) is 79.1 Å². The second-order valence-corrected chi connectivity index (χ2v) is 14.1. The highest BCUT2D eigenvalue weighted by molar-refractivity contribution is 5.78. The lowest BCUT2D eigenvalue weighted by atomic mass is 9.71. The van der Waals surface area contributed by atoms with E-state index in [4.69, 9.17) is 5.73 Å². The lowest BCUT2D eigenvalue weighted by molar-refractivity contribution is -0.355. The number of ether oxygens (including phenoxy) is 1. The molecule has 2 heterocycles. The van der Waals surface area contributed by atoms with Crippen LogP contribution in [-0.4, -0.2) is 76.9 Å². The Morgan fingerprint density at radius 1 is 1.07 bits per heavy atom. The highest BCUT2D eigenvalue weighted by Crippen LogP contribution is 2.44. The summed E-state index contributed by atoms with van der Waals surface area (Å²) < 4.78 is 43.9. The van der Waals surface area contributed by atoms with Gasteiger partial charge in [0.05, 0.1) is 17.2 Å². The van der Waals surface area contributed by atoms with Crippen molar-refractivity contribution < 1.29 is 27.5 Å². The molecule has 1 aromatic rings. The molecule has 2 fully saturated rings. The molecule has 2 N–H and O–H groups in total. The van der Waals surface area contributed by atoms with E-state index in [1.54, 1.807) is 11.0 Å². The van der Waals surface area contributed by atoms with E-state index in [1.807, 2.05) is 18.2 Å². The molecule has 7 nitrogen and oxygen atoms in total. The van der Waals surface area contributed by atoms with Crippen LogP contribution in [0.1, 0.15) is 84.4 Å². The van der Waals surface area contributed by atoms with Gasteiger partial charge in [-0.05, 0) is 67.6 Å². The van der Waals surface area contributed by atoms with Crippen LogP contribution >= 0.6 is 0 Å². The van der Waals surface area contributed by atoms with E-state index >= 15 is 0 Å². The predicted octanol–water partition coefficient (Wildman–Crippen LogP) is 6.60. The maximum atomic E-state index is 14.0. The van der Waals surface area contributed by atoms with Gasteiger partial charge < -0.3 is 15.5 Å². The van der Waals surface area contributed by atoms with E-state index < -0.39 is 23.5 Å². The van der Waals surface area contributed by atoms with E-state index in [9.17, 15) is 22.8 Å². The molecular weight excluding hydrogens is 569 g/mol. The number of nitrogens with zero attached hydrogens (tertiary/aromatic N) is 3. The van der Waals surface area contributed by atoms with Gasteiger partial charge in [-0.25, -0.2) is 4.79 Å². The second kappa shape index (κ2) is 12.9. The average molecular weight is 619 g/mol. The van der Waals surface area contributed by atoms with Crippen molar-refractivity contribution in [2.24, 2.45) is 17.1 Å². The van der Waals surface area contributed by atoms with Gasteiger partial charge in [0.1, 0.15) is 0 Å². The summed E-state index contributed by atoms with van der Waals surface area (Å²) >= 11 is 0.